The molecule has 0 saturated heterocycles. The van der Waals surface area contributed by atoms with Crippen LogP contribution in [0.1, 0.15) is 82.0 Å². The van der Waals surface area contributed by atoms with Gasteiger partial charge in [0.05, 0.1) is 17.7 Å². The van der Waals surface area contributed by atoms with Crippen LogP contribution in [0.3, 0.4) is 0 Å². The minimum atomic E-state index is -0.864. The zero-order valence-electron chi connectivity index (χ0n) is 18.4. The average Bonchev–Trinajstić information content (AvgIpc) is 2.63. The van der Waals surface area contributed by atoms with Gasteiger partial charge in [0.25, 0.3) is 0 Å². The van der Waals surface area contributed by atoms with Crippen LogP contribution in [0.15, 0.2) is 36.4 Å². The third-order valence-corrected chi connectivity index (χ3v) is 4.41. The number of aromatic carboxylic acids is 1. The quantitative estimate of drug-likeness (QED) is 0.411. The van der Waals surface area contributed by atoms with Crippen LogP contribution in [0, 0.1) is 27.7 Å². The average molecular weight is 399 g/mol. The van der Waals surface area contributed by atoms with E-state index in [0.29, 0.717) is 17.7 Å². The van der Waals surface area contributed by atoms with E-state index in [-0.39, 0.29) is 5.97 Å². The van der Waals surface area contributed by atoms with E-state index >= 15 is 0 Å². The Morgan fingerprint density at radius 1 is 0.724 bits per heavy atom. The zero-order valence-corrected chi connectivity index (χ0v) is 18.4. The van der Waals surface area contributed by atoms with Gasteiger partial charge in [0, 0.05) is 0 Å². The van der Waals surface area contributed by atoms with Crippen molar-refractivity contribution < 1.29 is 19.4 Å². The number of esters is 1. The van der Waals surface area contributed by atoms with Crippen LogP contribution in [0.5, 0.6) is 0 Å². The first kappa shape index (κ1) is 24.4. The van der Waals surface area contributed by atoms with Gasteiger partial charge in [0.2, 0.25) is 0 Å². The number of carboxylic acid groups (broad SMARTS) is 1. The highest BCUT2D eigenvalue weighted by Gasteiger charge is 2.07. The van der Waals surface area contributed by atoms with E-state index in [4.69, 9.17) is 9.84 Å². The van der Waals surface area contributed by atoms with Crippen LogP contribution >= 0.6 is 0 Å². The number of benzene rings is 2. The highest BCUT2D eigenvalue weighted by Crippen LogP contribution is 2.11. The third kappa shape index (κ3) is 9.93. The molecule has 0 amide bonds. The fraction of sp³-hybridized carbons (Fsp3) is 0.440. The molecule has 0 aliphatic rings. The van der Waals surface area contributed by atoms with Crippen LogP contribution in [-0.4, -0.2) is 23.7 Å². The molecule has 0 radical (unpaired) electrons. The number of hydrogen-bond acceptors (Lipinski definition) is 3. The molecule has 0 atom stereocenters. The summed E-state index contributed by atoms with van der Waals surface area (Å²) in [6.07, 6.45) is 5.86. The largest absolute Gasteiger partial charge is 0.478 e. The van der Waals surface area contributed by atoms with Gasteiger partial charge in [-0.25, -0.2) is 9.59 Å². The second-order valence-electron chi connectivity index (χ2n) is 7.61. The Bertz CT molecular complexity index is 768. The van der Waals surface area contributed by atoms with Gasteiger partial charge in [0.1, 0.15) is 0 Å². The summed E-state index contributed by atoms with van der Waals surface area (Å²) in [6, 6.07) is 11.1. The lowest BCUT2D eigenvalue weighted by molar-refractivity contribution is 0.0497. The minimum absolute atomic E-state index is 0.197. The maximum Gasteiger partial charge on any atom is 0.338 e. The number of unbranched alkanes of at least 4 members (excludes halogenated alkanes) is 4. The molecule has 0 fully saturated rings. The summed E-state index contributed by atoms with van der Waals surface area (Å²) in [5.74, 6) is -1.06. The summed E-state index contributed by atoms with van der Waals surface area (Å²) < 4.78 is 5.28. The van der Waals surface area contributed by atoms with E-state index in [0.717, 1.165) is 35.1 Å². The fourth-order valence-corrected chi connectivity index (χ4v) is 3.14. The smallest absolute Gasteiger partial charge is 0.338 e. The first-order valence-electron chi connectivity index (χ1n) is 10.3. The Hall–Kier alpha value is -2.62. The molecule has 2 rings (SSSR count). The van der Waals surface area contributed by atoms with E-state index in [1.165, 1.54) is 19.3 Å². The van der Waals surface area contributed by atoms with Gasteiger partial charge in [-0.05, 0) is 58.4 Å². The SMILES string of the molecule is CCCCCCCOC(=O)c1cc(C)cc(C)c1.Cc1cc(C)cc(C(=O)O)c1. The molecule has 0 aromatic heterocycles. The maximum atomic E-state index is 11.8. The van der Waals surface area contributed by atoms with E-state index in [1.807, 2.05) is 45.9 Å². The van der Waals surface area contributed by atoms with Crippen LogP contribution in [-0.2, 0) is 4.74 Å². The van der Waals surface area contributed by atoms with E-state index < -0.39 is 5.97 Å². The molecule has 0 unspecified atom stereocenters. The van der Waals surface area contributed by atoms with Gasteiger partial charge < -0.3 is 9.84 Å². The van der Waals surface area contributed by atoms with Crippen LogP contribution < -0.4 is 0 Å². The Labute approximate surface area is 174 Å². The van der Waals surface area contributed by atoms with E-state index in [1.54, 1.807) is 12.1 Å². The molecule has 0 aliphatic carbocycles. The van der Waals surface area contributed by atoms with Crippen molar-refractivity contribution in [3.05, 3.63) is 69.8 Å². The predicted octanol–water partition coefficient (Wildman–Crippen LogP) is 6.43. The number of hydrogen-bond donors (Lipinski definition) is 1. The van der Waals surface area contributed by atoms with Gasteiger partial charge >= 0.3 is 11.9 Å². The predicted molar refractivity (Wildman–Crippen MR) is 118 cm³/mol. The van der Waals surface area contributed by atoms with Gasteiger partial charge in [-0.15, -0.1) is 0 Å². The molecule has 2 aromatic rings. The lowest BCUT2D eigenvalue weighted by Gasteiger charge is -2.06. The Morgan fingerprint density at radius 2 is 1.17 bits per heavy atom. The lowest BCUT2D eigenvalue weighted by Crippen LogP contribution is -2.07. The molecule has 4 heteroatoms. The van der Waals surface area contributed by atoms with Crippen molar-refractivity contribution >= 4 is 11.9 Å². The number of carbonyl (C=O) groups excluding carboxylic acids is 1. The topological polar surface area (TPSA) is 63.6 Å². The molecule has 0 spiro atoms. The van der Waals surface area contributed by atoms with E-state index in [9.17, 15) is 9.59 Å². The van der Waals surface area contributed by atoms with Crippen molar-refractivity contribution in [2.24, 2.45) is 0 Å². The summed E-state index contributed by atoms with van der Waals surface area (Å²) in [4.78, 5) is 22.3. The van der Waals surface area contributed by atoms with Crippen molar-refractivity contribution in [1.82, 2.24) is 0 Å². The molecule has 0 saturated carbocycles. The number of aryl methyl sites for hydroxylation is 4. The van der Waals surface area contributed by atoms with Crippen LogP contribution in [0.2, 0.25) is 0 Å². The lowest BCUT2D eigenvalue weighted by atomic mass is 10.1. The highest BCUT2D eigenvalue weighted by molar-refractivity contribution is 5.89. The van der Waals surface area contributed by atoms with Gasteiger partial charge in [0.15, 0.2) is 0 Å². The molecule has 158 valence electrons. The zero-order chi connectivity index (χ0) is 21.8. The number of carbonyl (C=O) groups is 2. The monoisotopic (exact) mass is 398 g/mol. The van der Waals surface area contributed by atoms with E-state index in [2.05, 4.69) is 13.0 Å². The van der Waals surface area contributed by atoms with Gasteiger partial charge in [-0.1, -0.05) is 67.0 Å². The summed E-state index contributed by atoms with van der Waals surface area (Å²) in [5.41, 5.74) is 5.21. The summed E-state index contributed by atoms with van der Waals surface area (Å²) in [6.45, 7) is 10.5. The number of rotatable bonds is 8. The molecule has 1 N–H and O–H groups in total. The molecular weight excluding hydrogens is 364 g/mol. The molecule has 4 nitrogen and oxygen atoms in total. The maximum absolute atomic E-state index is 11.8. The standard InChI is InChI=1S/C16H24O2.C9H10O2/c1-4-5-6-7-8-9-18-16(17)15-11-13(2)10-14(3)12-15;1-6-3-7(2)5-8(4-6)9(10)11/h10-12H,4-9H2,1-3H3;3-5H,1-2H3,(H,10,11). The van der Waals surface area contributed by atoms with Crippen molar-refractivity contribution in [1.29, 1.82) is 0 Å². The summed E-state index contributed by atoms with van der Waals surface area (Å²) in [5, 5.41) is 8.63. The van der Waals surface area contributed by atoms with Crippen LogP contribution in [0.25, 0.3) is 0 Å². The third-order valence-electron chi connectivity index (χ3n) is 4.41. The van der Waals surface area contributed by atoms with Gasteiger partial charge in [-0.2, -0.15) is 0 Å². The molecular formula is C25H34O4. The normalized spacial score (nSPS) is 10.1. The van der Waals surface area contributed by atoms with Gasteiger partial charge in [-0.3, -0.25) is 0 Å². The fourth-order valence-electron chi connectivity index (χ4n) is 3.14. The number of carboxylic acids is 1. The highest BCUT2D eigenvalue weighted by atomic mass is 16.5. The molecule has 2 aromatic carbocycles. The number of ether oxygens (including phenoxy) is 1. The summed E-state index contributed by atoms with van der Waals surface area (Å²) >= 11 is 0. The molecule has 29 heavy (non-hydrogen) atoms. The molecule has 0 heterocycles. The van der Waals surface area contributed by atoms with Crippen molar-refractivity contribution in [3.63, 3.8) is 0 Å². The first-order valence-corrected chi connectivity index (χ1v) is 10.3. The minimum Gasteiger partial charge on any atom is -0.478 e. The first-order chi connectivity index (χ1) is 13.7. The molecule has 0 aliphatic heterocycles. The molecule has 0 bridgehead atoms. The Morgan fingerprint density at radius 3 is 1.62 bits per heavy atom. The Kier molecular flexibility index (Phi) is 10.7. The van der Waals surface area contributed by atoms with Crippen molar-refractivity contribution in [2.45, 2.75) is 66.7 Å². The van der Waals surface area contributed by atoms with Crippen LogP contribution in [0.4, 0.5) is 0 Å². The van der Waals surface area contributed by atoms with Crippen molar-refractivity contribution in [2.75, 3.05) is 6.61 Å². The second kappa shape index (κ2) is 12.8. The van der Waals surface area contributed by atoms with Crippen molar-refractivity contribution in [3.8, 4) is 0 Å². The second-order valence-corrected chi connectivity index (χ2v) is 7.61. The summed E-state index contributed by atoms with van der Waals surface area (Å²) in [7, 11) is 0. The Balaban J connectivity index is 0.000000326.